The van der Waals surface area contributed by atoms with Gasteiger partial charge in [0, 0.05) is 24.5 Å². The first-order valence-corrected chi connectivity index (χ1v) is 8.12. The summed E-state index contributed by atoms with van der Waals surface area (Å²) in [5.74, 6) is -0.787. The van der Waals surface area contributed by atoms with E-state index in [-0.39, 0.29) is 11.9 Å². The molecular formula is C15H22N2O3S. The summed E-state index contributed by atoms with van der Waals surface area (Å²) in [6.07, 6.45) is 1.34. The summed E-state index contributed by atoms with van der Waals surface area (Å²) >= 11 is 1.67. The largest absolute Gasteiger partial charge is 0.481 e. The van der Waals surface area contributed by atoms with Crippen molar-refractivity contribution in [3.8, 4) is 0 Å². The third kappa shape index (κ3) is 3.37. The van der Waals surface area contributed by atoms with Crippen molar-refractivity contribution in [3.63, 3.8) is 0 Å². The lowest BCUT2D eigenvalue weighted by atomic mass is 9.76. The fraction of sp³-hybridized carbons (Fsp3) is 0.600. The Hall–Kier alpha value is -1.56. The number of urea groups is 1. The molecule has 1 aromatic rings. The van der Waals surface area contributed by atoms with E-state index in [9.17, 15) is 14.7 Å². The molecule has 1 saturated heterocycles. The molecule has 6 heteroatoms. The van der Waals surface area contributed by atoms with Crippen LogP contribution < -0.4 is 5.32 Å². The van der Waals surface area contributed by atoms with Gasteiger partial charge in [-0.2, -0.15) is 0 Å². The summed E-state index contributed by atoms with van der Waals surface area (Å²) in [7, 11) is 0. The number of thiophene rings is 1. The molecule has 1 aromatic heterocycles. The molecule has 5 nitrogen and oxygen atoms in total. The molecule has 1 unspecified atom stereocenters. The van der Waals surface area contributed by atoms with Crippen LogP contribution in [0.5, 0.6) is 0 Å². The van der Waals surface area contributed by atoms with E-state index in [1.165, 1.54) is 4.88 Å². The lowest BCUT2D eigenvalue weighted by Crippen LogP contribution is -2.44. The number of aliphatic carboxylic acids is 1. The Bertz CT molecular complexity index is 501. The number of carbonyl (C=O) groups is 2. The molecule has 0 aliphatic carbocycles. The maximum absolute atomic E-state index is 12.1. The SMILES string of the molecule is CC(C)C1(C(=O)O)CCN(C(=O)NCCc2cccs2)C1. The average molecular weight is 310 g/mol. The predicted octanol–water partition coefficient (Wildman–Crippen LogP) is 2.43. The molecule has 1 atom stereocenters. The highest BCUT2D eigenvalue weighted by Gasteiger charge is 2.48. The highest BCUT2D eigenvalue weighted by atomic mass is 32.1. The molecule has 2 heterocycles. The topological polar surface area (TPSA) is 69.6 Å². The number of likely N-dealkylation sites (tertiary alicyclic amines) is 1. The van der Waals surface area contributed by atoms with Crippen molar-refractivity contribution in [1.82, 2.24) is 10.2 Å². The van der Waals surface area contributed by atoms with Gasteiger partial charge >= 0.3 is 12.0 Å². The smallest absolute Gasteiger partial charge is 0.317 e. The minimum absolute atomic E-state index is 0.0129. The summed E-state index contributed by atoms with van der Waals surface area (Å²) in [5, 5.41) is 14.4. The lowest BCUT2D eigenvalue weighted by Gasteiger charge is -2.28. The Morgan fingerprint density at radius 2 is 2.29 bits per heavy atom. The van der Waals surface area contributed by atoms with Crippen LogP contribution in [0, 0.1) is 11.3 Å². The van der Waals surface area contributed by atoms with Gasteiger partial charge in [0.2, 0.25) is 0 Å². The van der Waals surface area contributed by atoms with Gasteiger partial charge in [0.05, 0.1) is 5.41 Å². The van der Waals surface area contributed by atoms with Gasteiger partial charge < -0.3 is 15.3 Å². The first-order chi connectivity index (χ1) is 9.95. The summed E-state index contributed by atoms with van der Waals surface area (Å²) in [4.78, 5) is 26.5. The standard InChI is InChI=1S/C15H22N2O3S/c1-11(2)15(13(18)19)6-8-17(10-15)14(20)16-7-5-12-4-3-9-21-12/h3-4,9,11H,5-8,10H2,1-2H3,(H,16,20)(H,18,19). The molecule has 0 bridgehead atoms. The van der Waals surface area contributed by atoms with Crippen LogP contribution in [0.1, 0.15) is 25.1 Å². The molecule has 2 N–H and O–H groups in total. The van der Waals surface area contributed by atoms with E-state index in [4.69, 9.17) is 0 Å². The van der Waals surface area contributed by atoms with Crippen LogP contribution in [0.2, 0.25) is 0 Å². The number of nitrogens with zero attached hydrogens (tertiary/aromatic N) is 1. The van der Waals surface area contributed by atoms with Crippen LogP contribution >= 0.6 is 11.3 Å². The molecule has 0 saturated carbocycles. The second-order valence-electron chi connectivity index (χ2n) is 5.85. The highest BCUT2D eigenvalue weighted by Crippen LogP contribution is 2.38. The maximum atomic E-state index is 12.1. The van der Waals surface area contributed by atoms with Gasteiger partial charge in [0.25, 0.3) is 0 Å². The maximum Gasteiger partial charge on any atom is 0.317 e. The summed E-state index contributed by atoms with van der Waals surface area (Å²) in [5.41, 5.74) is -0.801. The third-order valence-corrected chi connectivity index (χ3v) is 5.28. The summed E-state index contributed by atoms with van der Waals surface area (Å²) < 4.78 is 0. The number of hydrogen-bond donors (Lipinski definition) is 2. The molecular weight excluding hydrogens is 288 g/mol. The Balaban J connectivity index is 1.85. The van der Waals surface area contributed by atoms with Crippen LogP contribution in [0.4, 0.5) is 4.79 Å². The summed E-state index contributed by atoms with van der Waals surface area (Å²) in [6.45, 7) is 5.20. The van der Waals surface area contributed by atoms with Gasteiger partial charge in [0.1, 0.15) is 0 Å². The number of hydrogen-bond acceptors (Lipinski definition) is 3. The van der Waals surface area contributed by atoms with Crippen LogP contribution in [-0.4, -0.2) is 41.6 Å². The molecule has 0 radical (unpaired) electrons. The third-order valence-electron chi connectivity index (χ3n) is 4.35. The molecule has 2 amide bonds. The molecule has 21 heavy (non-hydrogen) atoms. The minimum Gasteiger partial charge on any atom is -0.481 e. The normalized spacial score (nSPS) is 21.8. The van der Waals surface area contributed by atoms with E-state index < -0.39 is 11.4 Å². The van der Waals surface area contributed by atoms with Crippen molar-refractivity contribution in [3.05, 3.63) is 22.4 Å². The van der Waals surface area contributed by atoms with E-state index in [1.807, 2.05) is 31.4 Å². The number of carbonyl (C=O) groups excluding carboxylic acids is 1. The van der Waals surface area contributed by atoms with Gasteiger partial charge in [0.15, 0.2) is 0 Å². The average Bonchev–Trinajstić information content (AvgIpc) is 3.08. The van der Waals surface area contributed by atoms with Crippen LogP contribution in [0.15, 0.2) is 17.5 Å². The molecule has 2 rings (SSSR count). The molecule has 1 aliphatic rings. The van der Waals surface area contributed by atoms with Gasteiger partial charge in [-0.1, -0.05) is 19.9 Å². The van der Waals surface area contributed by atoms with E-state index in [0.717, 1.165) is 6.42 Å². The first kappa shape index (κ1) is 15.8. The summed E-state index contributed by atoms with van der Waals surface area (Å²) in [6, 6.07) is 3.88. The van der Waals surface area contributed by atoms with E-state index in [2.05, 4.69) is 5.32 Å². The van der Waals surface area contributed by atoms with Gasteiger partial charge in [-0.3, -0.25) is 4.79 Å². The Morgan fingerprint density at radius 3 is 2.81 bits per heavy atom. The van der Waals surface area contributed by atoms with Crippen molar-refractivity contribution in [2.24, 2.45) is 11.3 Å². The van der Waals surface area contributed by atoms with Crippen LogP contribution in [0.25, 0.3) is 0 Å². The zero-order valence-corrected chi connectivity index (χ0v) is 13.3. The molecule has 1 aliphatic heterocycles. The number of nitrogens with one attached hydrogen (secondary N) is 1. The van der Waals surface area contributed by atoms with Gasteiger partial charge in [-0.15, -0.1) is 11.3 Å². The zero-order chi connectivity index (χ0) is 15.5. The van der Waals surface area contributed by atoms with E-state index >= 15 is 0 Å². The number of carboxylic acids is 1. The van der Waals surface area contributed by atoms with Crippen molar-refractivity contribution < 1.29 is 14.7 Å². The Labute approximate surface area is 129 Å². The fourth-order valence-corrected chi connectivity index (χ4v) is 3.47. The highest BCUT2D eigenvalue weighted by molar-refractivity contribution is 7.09. The van der Waals surface area contributed by atoms with Crippen LogP contribution in [0.3, 0.4) is 0 Å². The molecule has 0 aromatic carbocycles. The second-order valence-corrected chi connectivity index (χ2v) is 6.88. The number of amides is 2. The second kappa shape index (κ2) is 6.47. The Kier molecular flexibility index (Phi) is 4.88. The molecule has 116 valence electrons. The fourth-order valence-electron chi connectivity index (χ4n) is 2.76. The Morgan fingerprint density at radius 1 is 1.52 bits per heavy atom. The van der Waals surface area contributed by atoms with Gasteiger partial charge in [-0.25, -0.2) is 4.79 Å². The lowest BCUT2D eigenvalue weighted by molar-refractivity contribution is -0.150. The van der Waals surface area contributed by atoms with Crippen molar-refractivity contribution in [1.29, 1.82) is 0 Å². The van der Waals surface area contributed by atoms with Gasteiger partial charge in [-0.05, 0) is 30.2 Å². The van der Waals surface area contributed by atoms with Crippen molar-refractivity contribution in [2.45, 2.75) is 26.7 Å². The molecule has 0 spiro atoms. The minimum atomic E-state index is -0.801. The predicted molar refractivity (Wildman–Crippen MR) is 82.5 cm³/mol. The number of rotatable bonds is 5. The van der Waals surface area contributed by atoms with E-state index in [0.29, 0.717) is 26.1 Å². The van der Waals surface area contributed by atoms with Crippen molar-refractivity contribution >= 4 is 23.3 Å². The quantitative estimate of drug-likeness (QED) is 0.877. The van der Waals surface area contributed by atoms with Crippen LogP contribution in [-0.2, 0) is 11.2 Å². The molecule has 1 fully saturated rings. The zero-order valence-electron chi connectivity index (χ0n) is 12.5. The van der Waals surface area contributed by atoms with E-state index in [1.54, 1.807) is 16.2 Å². The number of carboxylic acid groups (broad SMARTS) is 1. The monoisotopic (exact) mass is 310 g/mol. The van der Waals surface area contributed by atoms with Crippen molar-refractivity contribution in [2.75, 3.05) is 19.6 Å². The first-order valence-electron chi connectivity index (χ1n) is 7.24.